The number of imide groups is 1. The number of piperidine rings is 1. The molecule has 33 heavy (non-hydrogen) atoms. The van der Waals surface area contributed by atoms with Crippen molar-refractivity contribution in [3.8, 4) is 0 Å². The number of carbonyl (C=O) groups is 4. The summed E-state index contributed by atoms with van der Waals surface area (Å²) in [6.45, 7) is -0.245. The van der Waals surface area contributed by atoms with E-state index in [1.54, 1.807) is 11.4 Å². The van der Waals surface area contributed by atoms with Crippen molar-refractivity contribution in [3.05, 3.63) is 46.8 Å². The summed E-state index contributed by atoms with van der Waals surface area (Å²) in [6, 6.07) is 7.50. The van der Waals surface area contributed by atoms with Crippen molar-refractivity contribution in [3.63, 3.8) is 0 Å². The fourth-order valence-corrected chi connectivity index (χ4v) is 6.45. The van der Waals surface area contributed by atoms with E-state index in [0.29, 0.717) is 19.4 Å². The highest BCUT2D eigenvalue weighted by Gasteiger charge is 2.35. The molecule has 0 saturated carbocycles. The molecule has 1 N–H and O–H groups in total. The van der Waals surface area contributed by atoms with E-state index >= 15 is 0 Å². The Bertz CT molecular complexity index is 1220. The number of carbonyl (C=O) groups excluding carboxylic acids is 4. The van der Waals surface area contributed by atoms with Crippen LogP contribution in [-0.2, 0) is 24.3 Å². The highest BCUT2D eigenvalue weighted by molar-refractivity contribution is 7.91. The van der Waals surface area contributed by atoms with E-state index in [-0.39, 0.29) is 27.6 Å². The minimum Gasteiger partial charge on any atom is -0.455 e. The molecular formula is C21H21N3O7S2. The van der Waals surface area contributed by atoms with Gasteiger partial charge in [0.05, 0.1) is 17.0 Å². The van der Waals surface area contributed by atoms with Crippen molar-refractivity contribution in [2.75, 3.05) is 32.1 Å². The molecule has 10 nitrogen and oxygen atoms in total. The van der Waals surface area contributed by atoms with Crippen molar-refractivity contribution in [2.45, 2.75) is 17.1 Å². The Morgan fingerprint density at radius 2 is 1.94 bits per heavy atom. The number of thiophene rings is 1. The van der Waals surface area contributed by atoms with Gasteiger partial charge in [-0.15, -0.1) is 11.3 Å². The van der Waals surface area contributed by atoms with Gasteiger partial charge in [0.25, 0.3) is 27.7 Å². The van der Waals surface area contributed by atoms with E-state index in [1.165, 1.54) is 35.6 Å². The van der Waals surface area contributed by atoms with E-state index in [2.05, 4.69) is 5.32 Å². The number of sulfonamides is 1. The maximum absolute atomic E-state index is 12.7. The van der Waals surface area contributed by atoms with Crippen LogP contribution >= 0.6 is 11.3 Å². The zero-order chi connectivity index (χ0) is 23.8. The van der Waals surface area contributed by atoms with E-state index in [0.717, 1.165) is 16.2 Å². The number of rotatable bonds is 6. The molecule has 1 aromatic carbocycles. The van der Waals surface area contributed by atoms with Crippen molar-refractivity contribution in [2.24, 2.45) is 5.92 Å². The number of esters is 1. The molecule has 174 valence electrons. The average Bonchev–Trinajstić information content (AvgIpc) is 3.43. The number of nitrogens with zero attached hydrogens (tertiary/aromatic N) is 2. The van der Waals surface area contributed by atoms with Gasteiger partial charge in [0.1, 0.15) is 4.21 Å². The molecule has 2 aliphatic rings. The minimum absolute atomic E-state index is 0.00480. The molecular weight excluding hydrogens is 470 g/mol. The molecule has 1 atom stereocenters. The summed E-state index contributed by atoms with van der Waals surface area (Å²) in [5.74, 6) is -2.80. The number of nitrogens with one attached hydrogen (secondary N) is 1. The van der Waals surface area contributed by atoms with Gasteiger partial charge in [-0.1, -0.05) is 6.07 Å². The summed E-state index contributed by atoms with van der Waals surface area (Å²) in [5, 5.41) is 4.20. The highest BCUT2D eigenvalue weighted by Crippen LogP contribution is 2.27. The molecule has 0 bridgehead atoms. The number of amides is 3. The molecule has 0 radical (unpaired) electrons. The molecule has 2 aliphatic heterocycles. The third-order valence-corrected chi connectivity index (χ3v) is 8.76. The van der Waals surface area contributed by atoms with Crippen LogP contribution in [0.1, 0.15) is 33.6 Å². The second-order valence-corrected chi connectivity index (χ2v) is 10.8. The summed E-state index contributed by atoms with van der Waals surface area (Å²) in [6.07, 6.45) is 0.971. The van der Waals surface area contributed by atoms with Gasteiger partial charge in [0, 0.05) is 25.8 Å². The molecule has 2 aromatic rings. The van der Waals surface area contributed by atoms with Crippen LogP contribution in [0.3, 0.4) is 0 Å². The van der Waals surface area contributed by atoms with Gasteiger partial charge < -0.3 is 10.1 Å². The Morgan fingerprint density at radius 1 is 1.18 bits per heavy atom. The molecule has 0 aliphatic carbocycles. The third kappa shape index (κ3) is 4.54. The fourth-order valence-electron chi connectivity index (χ4n) is 3.78. The zero-order valence-electron chi connectivity index (χ0n) is 17.6. The van der Waals surface area contributed by atoms with Gasteiger partial charge in [-0.25, -0.2) is 8.42 Å². The van der Waals surface area contributed by atoms with E-state index in [1.807, 2.05) is 0 Å². The number of ether oxygens (including phenoxy) is 1. The lowest BCUT2D eigenvalue weighted by molar-refractivity contribution is -0.152. The van der Waals surface area contributed by atoms with Gasteiger partial charge in [-0.05, 0) is 42.5 Å². The molecule has 0 spiro atoms. The second-order valence-electron chi connectivity index (χ2n) is 7.72. The SMILES string of the molecule is CN1C(=O)c2ccc(NC(=O)COC(=O)C3CCCN(S(=O)(=O)c4cccs4)C3)cc2C1=O. The first-order valence-corrected chi connectivity index (χ1v) is 12.5. The molecule has 1 unspecified atom stereocenters. The lowest BCUT2D eigenvalue weighted by Gasteiger charge is -2.30. The number of fused-ring (bicyclic) bond motifs is 1. The first kappa shape index (κ1) is 23.1. The Kier molecular flexibility index (Phi) is 6.32. The van der Waals surface area contributed by atoms with Crippen molar-refractivity contribution < 1.29 is 32.3 Å². The average molecular weight is 492 g/mol. The van der Waals surface area contributed by atoms with Gasteiger partial charge in [0.2, 0.25) is 0 Å². The van der Waals surface area contributed by atoms with Gasteiger partial charge >= 0.3 is 5.97 Å². The summed E-state index contributed by atoms with van der Waals surface area (Å²) < 4.78 is 32.0. The normalized spacial score (nSPS) is 18.8. The van der Waals surface area contributed by atoms with Crippen LogP contribution in [0, 0.1) is 5.92 Å². The van der Waals surface area contributed by atoms with Crippen LogP contribution in [0.5, 0.6) is 0 Å². The fraction of sp³-hybridized carbons (Fsp3) is 0.333. The van der Waals surface area contributed by atoms with Crippen molar-refractivity contribution >= 4 is 50.7 Å². The van der Waals surface area contributed by atoms with E-state index < -0.39 is 46.2 Å². The first-order chi connectivity index (χ1) is 15.7. The standard InChI is InChI=1S/C21H21N3O7S2/c1-23-19(26)15-7-6-14(10-16(15)20(23)27)22-17(25)12-31-21(28)13-4-2-8-24(11-13)33(29,30)18-5-3-9-32-18/h3,5-7,9-10,13H,2,4,8,11-12H2,1H3,(H,22,25). The van der Waals surface area contributed by atoms with Gasteiger partial charge in [-0.3, -0.25) is 24.1 Å². The molecule has 3 amide bonds. The predicted molar refractivity (Wildman–Crippen MR) is 118 cm³/mol. The maximum Gasteiger partial charge on any atom is 0.310 e. The first-order valence-electron chi connectivity index (χ1n) is 10.1. The van der Waals surface area contributed by atoms with Gasteiger partial charge in [0.15, 0.2) is 6.61 Å². The zero-order valence-corrected chi connectivity index (χ0v) is 19.3. The summed E-state index contributed by atoms with van der Waals surface area (Å²) >= 11 is 1.11. The Hall–Kier alpha value is -3.09. The number of benzene rings is 1. The van der Waals surface area contributed by atoms with Crippen molar-refractivity contribution in [1.29, 1.82) is 0 Å². The monoisotopic (exact) mass is 491 g/mol. The summed E-state index contributed by atoms with van der Waals surface area (Å²) in [4.78, 5) is 49.7. The minimum atomic E-state index is -3.66. The van der Waals surface area contributed by atoms with E-state index in [9.17, 15) is 27.6 Å². The molecule has 4 rings (SSSR count). The van der Waals surface area contributed by atoms with E-state index in [4.69, 9.17) is 4.74 Å². The predicted octanol–water partition coefficient (Wildman–Crippen LogP) is 1.56. The van der Waals surface area contributed by atoms with Crippen LogP contribution in [0.15, 0.2) is 39.9 Å². The second kappa shape index (κ2) is 9.04. The summed E-state index contributed by atoms with van der Waals surface area (Å²) in [5.41, 5.74) is 0.731. The van der Waals surface area contributed by atoms with Crippen molar-refractivity contribution in [1.82, 2.24) is 9.21 Å². The Labute approximate surface area is 194 Å². The maximum atomic E-state index is 12.7. The van der Waals surface area contributed by atoms with Crippen LogP contribution < -0.4 is 5.32 Å². The topological polar surface area (TPSA) is 130 Å². The van der Waals surface area contributed by atoms with Crippen LogP contribution in [-0.4, -0.2) is 68.1 Å². The largest absolute Gasteiger partial charge is 0.455 e. The molecule has 1 aromatic heterocycles. The lowest BCUT2D eigenvalue weighted by Crippen LogP contribution is -2.42. The molecule has 1 saturated heterocycles. The molecule has 3 heterocycles. The number of hydrogen-bond acceptors (Lipinski definition) is 8. The van der Waals surface area contributed by atoms with Crippen LogP contribution in [0.2, 0.25) is 0 Å². The smallest absolute Gasteiger partial charge is 0.310 e. The quantitative estimate of drug-likeness (QED) is 0.479. The lowest BCUT2D eigenvalue weighted by atomic mass is 10.00. The molecule has 1 fully saturated rings. The summed E-state index contributed by atoms with van der Waals surface area (Å²) in [7, 11) is -2.29. The van der Waals surface area contributed by atoms with Gasteiger partial charge in [-0.2, -0.15) is 4.31 Å². The number of hydrogen-bond donors (Lipinski definition) is 1. The number of anilines is 1. The van der Waals surface area contributed by atoms with Crippen LogP contribution in [0.4, 0.5) is 5.69 Å². The van der Waals surface area contributed by atoms with Crippen LogP contribution in [0.25, 0.3) is 0 Å². The highest BCUT2D eigenvalue weighted by atomic mass is 32.2. The molecule has 12 heteroatoms. The Balaban J connectivity index is 1.32. The Morgan fingerprint density at radius 3 is 2.67 bits per heavy atom. The third-order valence-electron chi connectivity index (χ3n) is 5.53.